The lowest BCUT2D eigenvalue weighted by Gasteiger charge is -2.23. The Morgan fingerprint density at radius 1 is 1.14 bits per heavy atom. The molecule has 29 heavy (non-hydrogen) atoms. The molecule has 0 spiro atoms. The van der Waals surface area contributed by atoms with Gasteiger partial charge in [-0.3, -0.25) is 4.79 Å². The summed E-state index contributed by atoms with van der Waals surface area (Å²) >= 11 is 5.91. The molecule has 3 rings (SSSR count). The molecule has 152 valence electrons. The molecule has 0 bridgehead atoms. The summed E-state index contributed by atoms with van der Waals surface area (Å²) in [5.41, 5.74) is 2.92. The third kappa shape index (κ3) is 5.59. The highest BCUT2D eigenvalue weighted by Gasteiger charge is 2.17. The first-order valence-electron chi connectivity index (χ1n) is 9.55. The summed E-state index contributed by atoms with van der Waals surface area (Å²) in [5.74, 6) is 0. The molecule has 0 aliphatic carbocycles. The molecule has 6 nitrogen and oxygen atoms in total. The summed E-state index contributed by atoms with van der Waals surface area (Å²) in [7, 11) is 4.06. The minimum absolute atomic E-state index is 0.176. The van der Waals surface area contributed by atoms with Crippen molar-refractivity contribution in [2.75, 3.05) is 32.5 Å². The van der Waals surface area contributed by atoms with E-state index < -0.39 is 0 Å². The van der Waals surface area contributed by atoms with Crippen molar-refractivity contribution in [3.05, 3.63) is 75.0 Å². The number of urea groups is 1. The average Bonchev–Trinajstić information content (AvgIpc) is 2.67. The molecule has 0 radical (unpaired) electrons. The molecule has 0 saturated heterocycles. The molecular weight excluding hydrogens is 388 g/mol. The van der Waals surface area contributed by atoms with Crippen molar-refractivity contribution in [2.24, 2.45) is 0 Å². The van der Waals surface area contributed by atoms with Crippen LogP contribution >= 0.6 is 11.6 Å². The van der Waals surface area contributed by atoms with Crippen LogP contribution in [-0.2, 0) is 6.54 Å². The van der Waals surface area contributed by atoms with E-state index in [4.69, 9.17) is 11.6 Å². The number of likely N-dealkylation sites (N-methyl/N-ethyl adjacent to an activating group) is 1. The van der Waals surface area contributed by atoms with Crippen molar-refractivity contribution in [1.29, 1.82) is 0 Å². The minimum Gasteiger partial charge on any atom is -0.338 e. The molecule has 2 aromatic carbocycles. The summed E-state index contributed by atoms with van der Waals surface area (Å²) in [6, 6.07) is 14.5. The van der Waals surface area contributed by atoms with E-state index >= 15 is 0 Å². The van der Waals surface area contributed by atoms with Gasteiger partial charge in [0.2, 0.25) is 0 Å². The van der Waals surface area contributed by atoms with Gasteiger partial charge in [0, 0.05) is 21.8 Å². The summed E-state index contributed by atoms with van der Waals surface area (Å²) in [6.45, 7) is 3.50. The van der Waals surface area contributed by atoms with E-state index in [1.807, 2.05) is 45.3 Å². The van der Waals surface area contributed by atoms with E-state index in [1.165, 1.54) is 4.90 Å². The second kappa shape index (κ2) is 9.11. The Hall–Kier alpha value is -2.83. The number of quaternary nitrogens is 1. The number of aryl methyl sites for hydroxylation is 1. The molecule has 0 aliphatic heterocycles. The summed E-state index contributed by atoms with van der Waals surface area (Å²) < 4.78 is 0. The molecule has 3 N–H and O–H groups in total. The van der Waals surface area contributed by atoms with Crippen molar-refractivity contribution in [1.82, 2.24) is 9.88 Å². The number of H-pyrrole nitrogens is 1. The van der Waals surface area contributed by atoms with E-state index in [1.54, 1.807) is 29.2 Å². The van der Waals surface area contributed by atoms with Gasteiger partial charge in [-0.1, -0.05) is 23.7 Å². The second-order valence-electron chi connectivity index (χ2n) is 7.53. The number of halogens is 1. The van der Waals surface area contributed by atoms with Gasteiger partial charge in [-0.25, -0.2) is 4.79 Å². The number of carbonyl (C=O) groups excluding carboxylic acids is 1. The maximum Gasteiger partial charge on any atom is 0.322 e. The summed E-state index contributed by atoms with van der Waals surface area (Å²) in [4.78, 5) is 31.3. The van der Waals surface area contributed by atoms with Crippen molar-refractivity contribution in [2.45, 2.75) is 13.5 Å². The van der Waals surface area contributed by atoms with Crippen molar-refractivity contribution in [3.8, 4) is 0 Å². The van der Waals surface area contributed by atoms with Crippen LogP contribution in [0.4, 0.5) is 10.5 Å². The Balaban J connectivity index is 1.84. The zero-order valence-electron chi connectivity index (χ0n) is 16.9. The summed E-state index contributed by atoms with van der Waals surface area (Å²) in [6.07, 6.45) is 0. The molecule has 7 heteroatoms. The van der Waals surface area contributed by atoms with Crippen LogP contribution in [0.25, 0.3) is 10.9 Å². The Bertz CT molecular complexity index is 1060. The first kappa shape index (κ1) is 20.9. The van der Waals surface area contributed by atoms with Gasteiger partial charge < -0.3 is 20.1 Å². The molecular formula is C22H26ClN4O2+. The Labute approximate surface area is 175 Å². The Morgan fingerprint density at radius 3 is 2.55 bits per heavy atom. The number of benzene rings is 2. The third-order valence-electron chi connectivity index (χ3n) is 4.70. The van der Waals surface area contributed by atoms with E-state index in [9.17, 15) is 9.59 Å². The number of fused-ring (bicyclic) bond motifs is 1. The quantitative estimate of drug-likeness (QED) is 0.581. The standard InChI is InChI=1S/C22H25ClN4O2/c1-15-4-5-16-13-17(21(28)25-20(16)12-15)14-27(11-10-26(2)3)22(29)24-19-8-6-18(23)7-9-19/h4-9,12-13H,10-11,14H2,1-3H3,(H,24,29)(H,25,28)/p+1. The number of carbonyl (C=O) groups is 1. The second-order valence-corrected chi connectivity index (χ2v) is 7.97. The lowest BCUT2D eigenvalue weighted by molar-refractivity contribution is -0.857. The zero-order valence-corrected chi connectivity index (χ0v) is 17.6. The highest BCUT2D eigenvalue weighted by molar-refractivity contribution is 6.30. The van der Waals surface area contributed by atoms with Gasteiger partial charge in [0.25, 0.3) is 5.56 Å². The zero-order chi connectivity index (χ0) is 21.0. The highest BCUT2D eigenvalue weighted by atomic mass is 35.5. The SMILES string of the molecule is Cc1ccc2cc(CN(CC[NH+](C)C)C(=O)Nc3ccc(Cl)cc3)c(=O)[nH]c2c1. The number of nitrogens with zero attached hydrogens (tertiary/aromatic N) is 1. The van der Waals surface area contributed by atoms with Crippen LogP contribution in [0.5, 0.6) is 0 Å². The van der Waals surface area contributed by atoms with Gasteiger partial charge in [-0.05, 0) is 54.3 Å². The van der Waals surface area contributed by atoms with Gasteiger partial charge in [0.05, 0.1) is 33.7 Å². The fourth-order valence-corrected chi connectivity index (χ4v) is 3.16. The Kier molecular flexibility index (Phi) is 6.56. The van der Waals surface area contributed by atoms with Gasteiger partial charge in [0.1, 0.15) is 0 Å². The number of rotatable bonds is 6. The first-order valence-corrected chi connectivity index (χ1v) is 9.93. The van der Waals surface area contributed by atoms with Crippen LogP contribution in [0, 0.1) is 6.92 Å². The van der Waals surface area contributed by atoms with E-state index in [0.29, 0.717) is 22.8 Å². The van der Waals surface area contributed by atoms with E-state index in [2.05, 4.69) is 10.3 Å². The van der Waals surface area contributed by atoms with Crippen molar-refractivity contribution in [3.63, 3.8) is 0 Å². The Morgan fingerprint density at radius 2 is 1.86 bits per heavy atom. The predicted octanol–water partition coefficient (Wildman–Crippen LogP) is 2.67. The number of hydrogen-bond donors (Lipinski definition) is 3. The normalized spacial score (nSPS) is 11.1. The van der Waals surface area contributed by atoms with Crippen molar-refractivity contribution < 1.29 is 9.69 Å². The van der Waals surface area contributed by atoms with Crippen LogP contribution in [0.3, 0.4) is 0 Å². The third-order valence-corrected chi connectivity index (χ3v) is 4.96. The van der Waals surface area contributed by atoms with Gasteiger partial charge >= 0.3 is 6.03 Å². The largest absolute Gasteiger partial charge is 0.338 e. The number of aromatic nitrogens is 1. The molecule has 3 aromatic rings. The van der Waals surface area contributed by atoms with Crippen LogP contribution in [0.2, 0.25) is 5.02 Å². The number of hydrogen-bond acceptors (Lipinski definition) is 2. The molecule has 1 aromatic heterocycles. The molecule has 2 amide bonds. The van der Waals surface area contributed by atoms with Crippen LogP contribution in [-0.4, -0.2) is 43.1 Å². The van der Waals surface area contributed by atoms with Crippen LogP contribution < -0.4 is 15.8 Å². The highest BCUT2D eigenvalue weighted by Crippen LogP contribution is 2.16. The van der Waals surface area contributed by atoms with Gasteiger partial charge in [-0.2, -0.15) is 0 Å². The molecule has 0 aliphatic rings. The predicted molar refractivity (Wildman–Crippen MR) is 118 cm³/mol. The smallest absolute Gasteiger partial charge is 0.322 e. The van der Waals surface area contributed by atoms with Crippen LogP contribution in [0.15, 0.2) is 53.3 Å². The number of amides is 2. The van der Waals surface area contributed by atoms with Crippen LogP contribution in [0.1, 0.15) is 11.1 Å². The minimum atomic E-state index is -0.253. The van der Waals surface area contributed by atoms with Gasteiger partial charge in [0.15, 0.2) is 0 Å². The number of pyridine rings is 1. The molecule has 0 atom stereocenters. The van der Waals surface area contributed by atoms with E-state index in [0.717, 1.165) is 23.0 Å². The van der Waals surface area contributed by atoms with E-state index in [-0.39, 0.29) is 18.1 Å². The van der Waals surface area contributed by atoms with Gasteiger partial charge in [-0.15, -0.1) is 0 Å². The number of anilines is 1. The lowest BCUT2D eigenvalue weighted by atomic mass is 10.1. The molecule has 0 fully saturated rings. The number of nitrogens with one attached hydrogen (secondary N) is 3. The maximum absolute atomic E-state index is 12.9. The summed E-state index contributed by atoms with van der Waals surface area (Å²) in [5, 5.41) is 4.44. The van der Waals surface area contributed by atoms with Crippen molar-refractivity contribution >= 4 is 34.2 Å². The average molecular weight is 414 g/mol. The fraction of sp³-hybridized carbons (Fsp3) is 0.273. The monoisotopic (exact) mass is 413 g/mol. The molecule has 1 heterocycles. The maximum atomic E-state index is 12.9. The molecule has 0 saturated carbocycles. The molecule has 0 unspecified atom stereocenters. The number of aromatic amines is 1. The first-order chi connectivity index (χ1) is 13.8. The lowest BCUT2D eigenvalue weighted by Crippen LogP contribution is -3.06. The topological polar surface area (TPSA) is 69.6 Å². The fourth-order valence-electron chi connectivity index (χ4n) is 3.03.